The van der Waals surface area contributed by atoms with Gasteiger partial charge in [-0.05, 0) is 36.0 Å². The van der Waals surface area contributed by atoms with E-state index in [1.165, 1.54) is 12.7 Å². The van der Waals surface area contributed by atoms with Crippen LogP contribution in [0.5, 0.6) is 0 Å². The van der Waals surface area contributed by atoms with Crippen molar-refractivity contribution in [1.29, 1.82) is 0 Å². The Hall–Kier alpha value is -2.97. The average Bonchev–Trinajstić information content (AvgIpc) is 3.21. The molecule has 1 aromatic carbocycles. The number of esters is 1. The summed E-state index contributed by atoms with van der Waals surface area (Å²) in [5, 5.41) is 4.65. The second-order valence-corrected chi connectivity index (χ2v) is 8.73. The second-order valence-electron chi connectivity index (χ2n) is 7.20. The Labute approximate surface area is 191 Å². The fourth-order valence-corrected chi connectivity index (χ4v) is 4.96. The van der Waals surface area contributed by atoms with Gasteiger partial charge in [-0.25, -0.2) is 9.78 Å². The number of rotatable bonds is 5. The number of nitrogens with zero attached hydrogens (tertiary/aromatic N) is 3. The van der Waals surface area contributed by atoms with Gasteiger partial charge in [-0.2, -0.15) is 0 Å². The van der Waals surface area contributed by atoms with Crippen LogP contribution in [0, 0.1) is 0 Å². The SMILES string of the molecule is COC(=O)c1cc(Cc2ccccc2)sc1NC(=S)N1CCN(c2ccccn2)CC1. The summed E-state index contributed by atoms with van der Waals surface area (Å²) in [5.74, 6) is 0.624. The van der Waals surface area contributed by atoms with Crippen LogP contribution in [-0.4, -0.2) is 54.3 Å². The van der Waals surface area contributed by atoms with E-state index in [0.717, 1.165) is 48.3 Å². The summed E-state index contributed by atoms with van der Waals surface area (Å²) in [6.45, 7) is 3.26. The minimum Gasteiger partial charge on any atom is -0.465 e. The number of thiophene rings is 1. The molecule has 0 bridgehead atoms. The van der Waals surface area contributed by atoms with Crippen LogP contribution in [0.25, 0.3) is 0 Å². The largest absolute Gasteiger partial charge is 0.465 e. The van der Waals surface area contributed by atoms with Crippen LogP contribution in [-0.2, 0) is 11.2 Å². The third kappa shape index (κ3) is 5.21. The quantitative estimate of drug-likeness (QED) is 0.463. The molecule has 0 radical (unpaired) electrons. The first-order valence-electron chi connectivity index (χ1n) is 10.1. The number of thiocarbonyl (C=S) groups is 1. The maximum absolute atomic E-state index is 12.3. The maximum Gasteiger partial charge on any atom is 0.340 e. The molecule has 3 aromatic rings. The van der Waals surface area contributed by atoms with Gasteiger partial charge in [-0.15, -0.1) is 11.3 Å². The zero-order chi connectivity index (χ0) is 21.6. The van der Waals surface area contributed by atoms with Gasteiger partial charge in [0.25, 0.3) is 0 Å². The van der Waals surface area contributed by atoms with E-state index in [1.54, 1.807) is 11.3 Å². The number of benzene rings is 1. The van der Waals surface area contributed by atoms with Crippen LogP contribution in [0.3, 0.4) is 0 Å². The zero-order valence-electron chi connectivity index (χ0n) is 17.3. The van der Waals surface area contributed by atoms with Crippen LogP contribution in [0.4, 0.5) is 10.8 Å². The molecule has 0 spiro atoms. The zero-order valence-corrected chi connectivity index (χ0v) is 18.9. The molecule has 1 N–H and O–H groups in total. The van der Waals surface area contributed by atoms with Gasteiger partial charge >= 0.3 is 5.97 Å². The number of pyridine rings is 1. The van der Waals surface area contributed by atoms with Crippen LogP contribution >= 0.6 is 23.6 Å². The highest BCUT2D eigenvalue weighted by molar-refractivity contribution is 7.80. The lowest BCUT2D eigenvalue weighted by atomic mass is 10.1. The molecule has 6 nitrogen and oxygen atoms in total. The fourth-order valence-electron chi connectivity index (χ4n) is 3.54. The molecule has 0 saturated carbocycles. The third-order valence-electron chi connectivity index (χ3n) is 5.17. The monoisotopic (exact) mass is 452 g/mol. The first-order valence-corrected chi connectivity index (χ1v) is 11.3. The van der Waals surface area contributed by atoms with E-state index in [1.807, 2.05) is 48.7 Å². The minimum atomic E-state index is -0.360. The van der Waals surface area contributed by atoms with Crippen molar-refractivity contribution < 1.29 is 9.53 Å². The van der Waals surface area contributed by atoms with Crippen LogP contribution in [0.2, 0.25) is 0 Å². The highest BCUT2D eigenvalue weighted by Gasteiger charge is 2.23. The van der Waals surface area contributed by atoms with Crippen LogP contribution < -0.4 is 10.2 Å². The summed E-state index contributed by atoms with van der Waals surface area (Å²) in [6, 6.07) is 18.0. The van der Waals surface area contributed by atoms with Crippen molar-refractivity contribution in [3.8, 4) is 0 Å². The average molecular weight is 453 g/mol. The van der Waals surface area contributed by atoms with Crippen LogP contribution in [0.1, 0.15) is 20.8 Å². The van der Waals surface area contributed by atoms with Crippen molar-refractivity contribution in [3.63, 3.8) is 0 Å². The van der Waals surface area contributed by atoms with E-state index < -0.39 is 0 Å². The molecule has 0 amide bonds. The summed E-state index contributed by atoms with van der Waals surface area (Å²) >= 11 is 7.21. The van der Waals surface area contributed by atoms with Gasteiger partial charge in [-0.3, -0.25) is 0 Å². The molecule has 0 aliphatic carbocycles. The molecule has 1 aliphatic heterocycles. The Morgan fingerprint density at radius 2 is 1.87 bits per heavy atom. The summed E-state index contributed by atoms with van der Waals surface area (Å²) in [5.41, 5.74) is 1.72. The van der Waals surface area contributed by atoms with Gasteiger partial charge in [0.15, 0.2) is 5.11 Å². The van der Waals surface area contributed by atoms with Crippen molar-refractivity contribution in [2.45, 2.75) is 6.42 Å². The minimum absolute atomic E-state index is 0.360. The standard InChI is InChI=1S/C23H24N4O2S2/c1-29-22(28)19-16-18(15-17-7-3-2-4-8-17)31-21(19)25-23(30)27-13-11-26(12-14-27)20-9-5-6-10-24-20/h2-10,16H,11-15H2,1H3,(H,25,30). The van der Waals surface area contributed by atoms with Gasteiger partial charge in [0.1, 0.15) is 10.8 Å². The smallest absolute Gasteiger partial charge is 0.340 e. The molecule has 0 atom stereocenters. The Kier molecular flexibility index (Phi) is 6.79. The van der Waals surface area contributed by atoms with Gasteiger partial charge < -0.3 is 19.9 Å². The lowest BCUT2D eigenvalue weighted by Crippen LogP contribution is -2.50. The topological polar surface area (TPSA) is 57.7 Å². The van der Waals surface area contributed by atoms with E-state index in [-0.39, 0.29) is 5.97 Å². The summed E-state index contributed by atoms with van der Waals surface area (Å²) < 4.78 is 4.99. The summed E-state index contributed by atoms with van der Waals surface area (Å²) in [4.78, 5) is 22.2. The first-order chi connectivity index (χ1) is 15.1. The first kappa shape index (κ1) is 21.3. The molecule has 4 rings (SSSR count). The molecular weight excluding hydrogens is 428 g/mol. The molecule has 0 unspecified atom stereocenters. The molecule has 8 heteroatoms. The predicted molar refractivity (Wildman–Crippen MR) is 129 cm³/mol. The van der Waals surface area contributed by atoms with E-state index in [9.17, 15) is 4.79 Å². The number of methoxy groups -OCH3 is 1. The Morgan fingerprint density at radius 3 is 2.55 bits per heavy atom. The second kappa shape index (κ2) is 9.89. The highest BCUT2D eigenvalue weighted by Crippen LogP contribution is 2.31. The number of nitrogens with one attached hydrogen (secondary N) is 1. The predicted octanol–water partition coefficient (Wildman–Crippen LogP) is 4.04. The van der Waals surface area contributed by atoms with E-state index in [4.69, 9.17) is 17.0 Å². The molecule has 1 fully saturated rings. The Morgan fingerprint density at radius 1 is 1.13 bits per heavy atom. The molecule has 31 heavy (non-hydrogen) atoms. The highest BCUT2D eigenvalue weighted by atomic mass is 32.1. The van der Waals surface area contributed by atoms with Crippen molar-refractivity contribution in [2.75, 3.05) is 43.5 Å². The van der Waals surface area contributed by atoms with Crippen molar-refractivity contribution >= 4 is 45.5 Å². The van der Waals surface area contributed by atoms with Crippen molar-refractivity contribution in [2.24, 2.45) is 0 Å². The molecular formula is C23H24N4O2S2. The van der Waals surface area contributed by atoms with Gasteiger partial charge in [0, 0.05) is 43.7 Å². The number of hydrogen-bond acceptors (Lipinski definition) is 6. The fraction of sp³-hybridized carbons (Fsp3) is 0.261. The number of hydrogen-bond donors (Lipinski definition) is 1. The summed E-state index contributed by atoms with van der Waals surface area (Å²) in [7, 11) is 1.40. The van der Waals surface area contributed by atoms with Crippen LogP contribution in [0.15, 0.2) is 60.8 Å². The Balaban J connectivity index is 1.43. The van der Waals surface area contributed by atoms with E-state index in [0.29, 0.717) is 10.7 Å². The number of ether oxygens (including phenoxy) is 1. The molecule has 2 aromatic heterocycles. The van der Waals surface area contributed by atoms with Gasteiger partial charge in [0.2, 0.25) is 0 Å². The molecule has 3 heterocycles. The lowest BCUT2D eigenvalue weighted by molar-refractivity contribution is 0.0602. The maximum atomic E-state index is 12.3. The summed E-state index contributed by atoms with van der Waals surface area (Å²) in [6.07, 6.45) is 2.57. The molecule has 1 saturated heterocycles. The Bertz CT molecular complexity index is 1030. The normalized spacial score (nSPS) is 13.7. The molecule has 160 valence electrons. The molecule has 1 aliphatic rings. The number of piperazine rings is 1. The number of carbonyl (C=O) groups is 1. The van der Waals surface area contributed by atoms with Crippen molar-refractivity contribution in [1.82, 2.24) is 9.88 Å². The third-order valence-corrected chi connectivity index (χ3v) is 6.58. The number of carbonyl (C=O) groups excluding carboxylic acids is 1. The van der Waals surface area contributed by atoms with E-state index in [2.05, 4.69) is 32.2 Å². The van der Waals surface area contributed by atoms with Gasteiger partial charge in [0.05, 0.1) is 12.7 Å². The van der Waals surface area contributed by atoms with E-state index >= 15 is 0 Å². The lowest BCUT2D eigenvalue weighted by Gasteiger charge is -2.36. The van der Waals surface area contributed by atoms with Crippen molar-refractivity contribution in [3.05, 3.63) is 76.8 Å². The number of aromatic nitrogens is 1. The van der Waals surface area contributed by atoms with Gasteiger partial charge in [-0.1, -0.05) is 36.4 Å². The number of anilines is 2.